The lowest BCUT2D eigenvalue weighted by atomic mass is 10.2. The Labute approximate surface area is 63.9 Å². The molecule has 1 rings (SSSR count). The third-order valence-electron chi connectivity index (χ3n) is 1.62. The minimum Gasteiger partial charge on any atom is -0.309 e. The molecule has 1 heterocycles. The molecular formula is C7H10N2O2. The van der Waals surface area contributed by atoms with Gasteiger partial charge in [0.05, 0.1) is 0 Å². The second-order valence-corrected chi connectivity index (χ2v) is 2.52. The summed E-state index contributed by atoms with van der Waals surface area (Å²) in [6.07, 6.45) is 0. The van der Waals surface area contributed by atoms with Crippen LogP contribution in [0.4, 0.5) is 0 Å². The van der Waals surface area contributed by atoms with E-state index in [-0.39, 0.29) is 11.5 Å². The Balaban J connectivity index is 3.46. The van der Waals surface area contributed by atoms with E-state index in [1.807, 2.05) is 0 Å². The molecule has 11 heavy (non-hydrogen) atoms. The SMILES string of the molecule is CC(=O)c1c(C)[nH]c(=O)n1C. The van der Waals surface area contributed by atoms with Crippen LogP contribution in [0.1, 0.15) is 23.1 Å². The molecule has 1 aromatic rings. The van der Waals surface area contributed by atoms with Crippen LogP contribution in [0, 0.1) is 6.92 Å². The molecule has 0 saturated heterocycles. The molecule has 0 radical (unpaired) electrons. The zero-order valence-electron chi connectivity index (χ0n) is 6.76. The van der Waals surface area contributed by atoms with Crippen LogP contribution in [0.15, 0.2) is 4.79 Å². The van der Waals surface area contributed by atoms with E-state index in [2.05, 4.69) is 4.98 Å². The molecule has 1 N–H and O–H groups in total. The molecule has 0 fully saturated rings. The van der Waals surface area contributed by atoms with Gasteiger partial charge in [0.25, 0.3) is 0 Å². The summed E-state index contributed by atoms with van der Waals surface area (Å²) in [6, 6.07) is 0. The number of aryl methyl sites for hydroxylation is 1. The summed E-state index contributed by atoms with van der Waals surface area (Å²) in [5, 5.41) is 0. The second kappa shape index (κ2) is 2.38. The van der Waals surface area contributed by atoms with E-state index in [4.69, 9.17) is 0 Å². The Morgan fingerprint density at radius 1 is 1.55 bits per heavy atom. The lowest BCUT2D eigenvalue weighted by Crippen LogP contribution is -2.15. The van der Waals surface area contributed by atoms with Crippen LogP contribution in [0.3, 0.4) is 0 Å². The van der Waals surface area contributed by atoms with E-state index >= 15 is 0 Å². The molecule has 0 aliphatic heterocycles. The molecule has 0 aromatic carbocycles. The first-order chi connectivity index (χ1) is 5.04. The normalized spacial score (nSPS) is 10.1. The standard InChI is InChI=1S/C7H10N2O2/c1-4-6(5(2)10)9(3)7(11)8-4/h1-3H3,(H,8,11). The van der Waals surface area contributed by atoms with Crippen molar-refractivity contribution in [2.45, 2.75) is 13.8 Å². The second-order valence-electron chi connectivity index (χ2n) is 2.52. The fourth-order valence-corrected chi connectivity index (χ4v) is 1.16. The maximum atomic E-state index is 10.9. The van der Waals surface area contributed by atoms with Gasteiger partial charge in [-0.2, -0.15) is 0 Å². The number of aromatic amines is 1. The minimum absolute atomic E-state index is 0.0941. The van der Waals surface area contributed by atoms with Crippen molar-refractivity contribution in [3.05, 3.63) is 21.9 Å². The maximum absolute atomic E-state index is 10.9. The lowest BCUT2D eigenvalue weighted by Gasteiger charge is -1.95. The van der Waals surface area contributed by atoms with Crippen molar-refractivity contribution in [2.24, 2.45) is 7.05 Å². The zero-order chi connectivity index (χ0) is 8.59. The van der Waals surface area contributed by atoms with Crippen molar-refractivity contribution in [1.29, 1.82) is 0 Å². The van der Waals surface area contributed by atoms with Crippen molar-refractivity contribution in [3.8, 4) is 0 Å². The molecule has 0 aliphatic rings. The van der Waals surface area contributed by atoms with E-state index < -0.39 is 0 Å². The Bertz CT molecular complexity index is 346. The third kappa shape index (κ3) is 1.11. The summed E-state index contributed by atoms with van der Waals surface area (Å²) in [7, 11) is 1.57. The van der Waals surface area contributed by atoms with Crippen molar-refractivity contribution in [1.82, 2.24) is 9.55 Å². The predicted octanol–water partition coefficient (Wildman–Crippen LogP) is 0.224. The first kappa shape index (κ1) is 7.78. The average Bonchev–Trinajstić information content (AvgIpc) is 2.07. The average molecular weight is 154 g/mol. The number of hydrogen-bond donors (Lipinski definition) is 1. The smallest absolute Gasteiger partial charge is 0.309 e. The number of hydrogen-bond acceptors (Lipinski definition) is 2. The number of H-pyrrole nitrogens is 1. The molecule has 0 spiro atoms. The van der Waals surface area contributed by atoms with Gasteiger partial charge >= 0.3 is 5.69 Å². The summed E-state index contributed by atoms with van der Waals surface area (Å²) in [4.78, 5) is 24.4. The van der Waals surface area contributed by atoms with Crippen LogP contribution in [0.25, 0.3) is 0 Å². The quantitative estimate of drug-likeness (QED) is 0.588. The van der Waals surface area contributed by atoms with Gasteiger partial charge in [0.1, 0.15) is 5.69 Å². The Morgan fingerprint density at radius 2 is 2.09 bits per heavy atom. The van der Waals surface area contributed by atoms with Crippen LogP contribution >= 0.6 is 0 Å². The number of nitrogens with one attached hydrogen (secondary N) is 1. The first-order valence-electron chi connectivity index (χ1n) is 3.30. The Kier molecular flexibility index (Phi) is 1.68. The van der Waals surface area contributed by atoms with Gasteiger partial charge in [-0.05, 0) is 6.92 Å². The molecule has 4 heteroatoms. The van der Waals surface area contributed by atoms with Crippen LogP contribution in [0.5, 0.6) is 0 Å². The van der Waals surface area contributed by atoms with E-state index in [1.165, 1.54) is 11.5 Å². The number of carbonyl (C=O) groups excluding carboxylic acids is 1. The van der Waals surface area contributed by atoms with E-state index in [0.717, 1.165) is 0 Å². The largest absolute Gasteiger partial charge is 0.326 e. The monoisotopic (exact) mass is 154 g/mol. The van der Waals surface area contributed by atoms with Gasteiger partial charge in [-0.15, -0.1) is 0 Å². The highest BCUT2D eigenvalue weighted by atomic mass is 16.2. The van der Waals surface area contributed by atoms with Gasteiger partial charge in [0.15, 0.2) is 5.78 Å². The minimum atomic E-state index is -0.243. The zero-order valence-corrected chi connectivity index (χ0v) is 6.76. The van der Waals surface area contributed by atoms with Gasteiger partial charge in [-0.3, -0.25) is 9.36 Å². The van der Waals surface area contributed by atoms with Crippen molar-refractivity contribution in [2.75, 3.05) is 0 Å². The van der Waals surface area contributed by atoms with Gasteiger partial charge < -0.3 is 4.98 Å². The lowest BCUT2D eigenvalue weighted by molar-refractivity contribution is 0.100. The Morgan fingerprint density at radius 3 is 2.27 bits per heavy atom. The fraction of sp³-hybridized carbons (Fsp3) is 0.429. The summed E-state index contributed by atoms with van der Waals surface area (Å²) in [6.45, 7) is 3.15. The van der Waals surface area contributed by atoms with Gasteiger partial charge in [-0.25, -0.2) is 4.79 Å². The number of rotatable bonds is 1. The molecule has 0 bridgehead atoms. The summed E-state index contributed by atoms with van der Waals surface area (Å²) in [5.41, 5.74) is 0.840. The van der Waals surface area contributed by atoms with Gasteiger partial charge in [0, 0.05) is 19.7 Å². The first-order valence-corrected chi connectivity index (χ1v) is 3.30. The summed E-state index contributed by atoms with van der Waals surface area (Å²) >= 11 is 0. The molecule has 60 valence electrons. The molecule has 4 nitrogen and oxygen atoms in total. The van der Waals surface area contributed by atoms with Crippen molar-refractivity contribution >= 4 is 5.78 Å². The Hall–Kier alpha value is -1.32. The number of Topliss-reactive ketones (excluding diaryl/α,β-unsaturated/α-hetero) is 1. The number of ketones is 1. The van der Waals surface area contributed by atoms with E-state index in [0.29, 0.717) is 11.4 Å². The van der Waals surface area contributed by atoms with E-state index in [9.17, 15) is 9.59 Å². The number of imidazole rings is 1. The van der Waals surface area contributed by atoms with Crippen LogP contribution < -0.4 is 5.69 Å². The number of carbonyl (C=O) groups is 1. The summed E-state index contributed by atoms with van der Waals surface area (Å²) in [5.74, 6) is -0.0941. The summed E-state index contributed by atoms with van der Waals surface area (Å²) < 4.78 is 1.32. The highest BCUT2D eigenvalue weighted by molar-refractivity contribution is 5.93. The van der Waals surface area contributed by atoms with Gasteiger partial charge in [-0.1, -0.05) is 0 Å². The van der Waals surface area contributed by atoms with Crippen LogP contribution in [0.2, 0.25) is 0 Å². The molecule has 0 amide bonds. The van der Waals surface area contributed by atoms with E-state index in [1.54, 1.807) is 14.0 Å². The highest BCUT2D eigenvalue weighted by Gasteiger charge is 2.10. The highest BCUT2D eigenvalue weighted by Crippen LogP contribution is 2.00. The number of aromatic nitrogens is 2. The molecule has 0 aliphatic carbocycles. The molecule has 0 unspecified atom stereocenters. The molecular weight excluding hydrogens is 144 g/mol. The van der Waals surface area contributed by atoms with Crippen molar-refractivity contribution < 1.29 is 4.79 Å². The topological polar surface area (TPSA) is 54.9 Å². The fourth-order valence-electron chi connectivity index (χ4n) is 1.16. The molecule has 0 saturated carbocycles. The molecule has 0 atom stereocenters. The maximum Gasteiger partial charge on any atom is 0.326 e. The van der Waals surface area contributed by atoms with Crippen LogP contribution in [-0.4, -0.2) is 15.3 Å². The van der Waals surface area contributed by atoms with Gasteiger partial charge in [0.2, 0.25) is 0 Å². The third-order valence-corrected chi connectivity index (χ3v) is 1.62. The predicted molar refractivity (Wildman–Crippen MR) is 40.8 cm³/mol. The molecule has 1 aromatic heterocycles. The number of nitrogens with zero attached hydrogens (tertiary/aromatic N) is 1. The van der Waals surface area contributed by atoms with Crippen molar-refractivity contribution in [3.63, 3.8) is 0 Å². The van der Waals surface area contributed by atoms with Crippen LogP contribution in [-0.2, 0) is 7.05 Å².